The Bertz CT molecular complexity index is 181. The van der Waals surface area contributed by atoms with Crippen molar-refractivity contribution >= 4 is 18.3 Å². The SMILES string of the molecule is C=C(C)C(=O)NCCCCN(C)C.Cl. The van der Waals surface area contributed by atoms with E-state index in [-0.39, 0.29) is 18.3 Å². The van der Waals surface area contributed by atoms with Crippen LogP contribution in [0.5, 0.6) is 0 Å². The Hall–Kier alpha value is -0.540. The van der Waals surface area contributed by atoms with E-state index in [4.69, 9.17) is 0 Å². The molecule has 1 N–H and O–H groups in total. The third kappa shape index (κ3) is 9.55. The summed E-state index contributed by atoms with van der Waals surface area (Å²) in [5, 5.41) is 2.80. The number of amides is 1. The van der Waals surface area contributed by atoms with E-state index in [1.165, 1.54) is 0 Å². The molecule has 0 saturated carbocycles. The van der Waals surface area contributed by atoms with Crippen molar-refractivity contribution in [2.24, 2.45) is 0 Å². The minimum Gasteiger partial charge on any atom is -0.352 e. The fourth-order valence-corrected chi connectivity index (χ4v) is 0.906. The van der Waals surface area contributed by atoms with Crippen molar-refractivity contribution in [1.29, 1.82) is 0 Å². The van der Waals surface area contributed by atoms with E-state index in [0.29, 0.717) is 5.57 Å². The Morgan fingerprint density at radius 1 is 1.36 bits per heavy atom. The van der Waals surface area contributed by atoms with Gasteiger partial charge < -0.3 is 10.2 Å². The molecule has 0 atom stereocenters. The largest absolute Gasteiger partial charge is 0.352 e. The van der Waals surface area contributed by atoms with Crippen LogP contribution < -0.4 is 5.32 Å². The molecule has 0 radical (unpaired) electrons. The number of rotatable bonds is 6. The van der Waals surface area contributed by atoms with Crippen molar-refractivity contribution in [3.63, 3.8) is 0 Å². The van der Waals surface area contributed by atoms with Crippen LogP contribution in [0.2, 0.25) is 0 Å². The van der Waals surface area contributed by atoms with Crippen molar-refractivity contribution < 1.29 is 4.79 Å². The number of carbonyl (C=O) groups is 1. The number of halogens is 1. The predicted molar refractivity (Wildman–Crippen MR) is 62.9 cm³/mol. The van der Waals surface area contributed by atoms with E-state index in [2.05, 4.69) is 16.8 Å². The predicted octanol–water partition coefficient (Wildman–Crippen LogP) is 1.44. The number of nitrogens with zero attached hydrogens (tertiary/aromatic N) is 1. The molecular formula is C10H21ClN2O. The number of nitrogens with one attached hydrogen (secondary N) is 1. The van der Waals surface area contributed by atoms with Gasteiger partial charge in [-0.25, -0.2) is 0 Å². The maximum Gasteiger partial charge on any atom is 0.246 e. The standard InChI is InChI=1S/C10H20N2O.ClH/c1-9(2)10(13)11-7-5-6-8-12(3)4;/h1,5-8H2,2-4H3,(H,11,13);1H. The van der Waals surface area contributed by atoms with Gasteiger partial charge in [-0.1, -0.05) is 6.58 Å². The Labute approximate surface area is 93.0 Å². The highest BCUT2D eigenvalue weighted by atomic mass is 35.5. The summed E-state index contributed by atoms with van der Waals surface area (Å²) < 4.78 is 0. The van der Waals surface area contributed by atoms with Crippen LogP contribution in [-0.4, -0.2) is 38.0 Å². The summed E-state index contributed by atoms with van der Waals surface area (Å²) >= 11 is 0. The average molecular weight is 221 g/mol. The van der Waals surface area contributed by atoms with E-state index in [0.717, 1.165) is 25.9 Å². The zero-order chi connectivity index (χ0) is 10.3. The molecular weight excluding hydrogens is 200 g/mol. The minimum absolute atomic E-state index is 0. The summed E-state index contributed by atoms with van der Waals surface area (Å²) in [6.45, 7) is 7.10. The lowest BCUT2D eigenvalue weighted by Gasteiger charge is -2.09. The van der Waals surface area contributed by atoms with Crippen LogP contribution in [0.15, 0.2) is 12.2 Å². The van der Waals surface area contributed by atoms with E-state index >= 15 is 0 Å². The molecule has 1 amide bonds. The molecule has 0 saturated heterocycles. The molecule has 0 aliphatic heterocycles. The van der Waals surface area contributed by atoms with Gasteiger partial charge in [-0.2, -0.15) is 0 Å². The molecule has 0 aromatic heterocycles. The van der Waals surface area contributed by atoms with E-state index in [9.17, 15) is 4.79 Å². The van der Waals surface area contributed by atoms with Gasteiger partial charge in [0.15, 0.2) is 0 Å². The summed E-state index contributed by atoms with van der Waals surface area (Å²) in [6.07, 6.45) is 2.14. The molecule has 0 aliphatic carbocycles. The smallest absolute Gasteiger partial charge is 0.246 e. The van der Waals surface area contributed by atoms with Gasteiger partial charge in [0.25, 0.3) is 0 Å². The third-order valence-electron chi connectivity index (χ3n) is 1.71. The highest BCUT2D eigenvalue weighted by Crippen LogP contribution is 1.90. The normalized spacial score (nSPS) is 9.43. The second-order valence-electron chi connectivity index (χ2n) is 3.55. The lowest BCUT2D eigenvalue weighted by Crippen LogP contribution is -2.25. The average Bonchev–Trinajstić information content (AvgIpc) is 2.02. The van der Waals surface area contributed by atoms with Crippen molar-refractivity contribution in [3.05, 3.63) is 12.2 Å². The van der Waals surface area contributed by atoms with Crippen LogP contribution >= 0.6 is 12.4 Å². The molecule has 0 spiro atoms. The molecule has 0 fully saturated rings. The summed E-state index contributed by atoms with van der Waals surface area (Å²) in [5.74, 6) is -0.0372. The maximum absolute atomic E-state index is 11.0. The lowest BCUT2D eigenvalue weighted by atomic mass is 10.3. The molecule has 3 nitrogen and oxygen atoms in total. The Morgan fingerprint density at radius 3 is 2.36 bits per heavy atom. The zero-order valence-corrected chi connectivity index (χ0v) is 10.1. The topological polar surface area (TPSA) is 32.3 Å². The van der Waals surface area contributed by atoms with Crippen LogP contribution in [0.4, 0.5) is 0 Å². The van der Waals surface area contributed by atoms with Crippen LogP contribution in [0.25, 0.3) is 0 Å². The van der Waals surface area contributed by atoms with Crippen LogP contribution in [-0.2, 0) is 4.79 Å². The molecule has 0 unspecified atom stereocenters. The van der Waals surface area contributed by atoms with Crippen molar-refractivity contribution in [2.75, 3.05) is 27.2 Å². The first-order valence-corrected chi connectivity index (χ1v) is 4.62. The number of carbonyl (C=O) groups excluding carboxylic acids is 1. The number of hydrogen-bond acceptors (Lipinski definition) is 2. The summed E-state index contributed by atoms with van der Waals surface area (Å²) in [4.78, 5) is 13.2. The number of hydrogen-bond donors (Lipinski definition) is 1. The van der Waals surface area contributed by atoms with Crippen molar-refractivity contribution in [1.82, 2.24) is 10.2 Å². The van der Waals surface area contributed by atoms with Gasteiger partial charge in [0, 0.05) is 12.1 Å². The monoisotopic (exact) mass is 220 g/mol. The minimum atomic E-state index is -0.0372. The Balaban J connectivity index is 0. The Morgan fingerprint density at radius 2 is 1.93 bits per heavy atom. The summed E-state index contributed by atoms with van der Waals surface area (Å²) in [6, 6.07) is 0. The third-order valence-corrected chi connectivity index (χ3v) is 1.71. The van der Waals surface area contributed by atoms with Crippen LogP contribution in [0.1, 0.15) is 19.8 Å². The molecule has 84 valence electrons. The van der Waals surface area contributed by atoms with E-state index in [1.54, 1.807) is 6.92 Å². The first kappa shape index (κ1) is 15.9. The maximum atomic E-state index is 11.0. The molecule has 0 rings (SSSR count). The van der Waals surface area contributed by atoms with Gasteiger partial charge in [-0.05, 0) is 40.4 Å². The Kier molecular flexibility index (Phi) is 10.3. The molecule has 14 heavy (non-hydrogen) atoms. The van der Waals surface area contributed by atoms with Gasteiger partial charge in [-0.3, -0.25) is 4.79 Å². The van der Waals surface area contributed by atoms with E-state index < -0.39 is 0 Å². The van der Waals surface area contributed by atoms with Crippen LogP contribution in [0, 0.1) is 0 Å². The van der Waals surface area contributed by atoms with Gasteiger partial charge in [0.1, 0.15) is 0 Å². The van der Waals surface area contributed by atoms with Gasteiger partial charge >= 0.3 is 0 Å². The molecule has 0 aromatic rings. The zero-order valence-electron chi connectivity index (χ0n) is 9.30. The molecule has 4 heteroatoms. The first-order valence-electron chi connectivity index (χ1n) is 4.62. The number of unbranched alkanes of at least 4 members (excludes halogenated alkanes) is 1. The fraction of sp³-hybridized carbons (Fsp3) is 0.700. The molecule has 0 bridgehead atoms. The molecule has 0 aliphatic rings. The summed E-state index contributed by atoms with van der Waals surface area (Å²) in [5.41, 5.74) is 0.576. The highest BCUT2D eigenvalue weighted by Gasteiger charge is 1.99. The van der Waals surface area contributed by atoms with Crippen LogP contribution in [0.3, 0.4) is 0 Å². The van der Waals surface area contributed by atoms with Gasteiger partial charge in [-0.15, -0.1) is 12.4 Å². The fourth-order valence-electron chi connectivity index (χ4n) is 0.906. The van der Waals surface area contributed by atoms with E-state index in [1.807, 2.05) is 14.1 Å². The molecule has 0 aromatic carbocycles. The molecule has 0 heterocycles. The highest BCUT2D eigenvalue weighted by molar-refractivity contribution is 5.91. The van der Waals surface area contributed by atoms with Gasteiger partial charge in [0.2, 0.25) is 5.91 Å². The first-order chi connectivity index (χ1) is 6.04. The summed E-state index contributed by atoms with van der Waals surface area (Å²) in [7, 11) is 4.10. The quantitative estimate of drug-likeness (QED) is 0.543. The van der Waals surface area contributed by atoms with Gasteiger partial charge in [0.05, 0.1) is 0 Å². The lowest BCUT2D eigenvalue weighted by molar-refractivity contribution is -0.117. The van der Waals surface area contributed by atoms with Crippen molar-refractivity contribution in [2.45, 2.75) is 19.8 Å². The second-order valence-corrected chi connectivity index (χ2v) is 3.55. The second kappa shape index (κ2) is 9.03. The van der Waals surface area contributed by atoms with Crippen molar-refractivity contribution in [3.8, 4) is 0 Å².